The molecule has 9 heteroatoms. The highest BCUT2D eigenvalue weighted by Crippen LogP contribution is 2.23. The van der Waals surface area contributed by atoms with E-state index in [-0.39, 0.29) is 18.4 Å². The van der Waals surface area contributed by atoms with Gasteiger partial charge in [0.05, 0.1) is 5.56 Å². The van der Waals surface area contributed by atoms with Gasteiger partial charge in [0.2, 0.25) is 11.7 Å². The fourth-order valence-corrected chi connectivity index (χ4v) is 3.62. The molecule has 1 aliphatic rings. The first kappa shape index (κ1) is 21.7. The van der Waals surface area contributed by atoms with Crippen molar-refractivity contribution in [2.24, 2.45) is 0 Å². The Kier molecular flexibility index (Phi) is 6.34. The van der Waals surface area contributed by atoms with Crippen LogP contribution < -0.4 is 9.64 Å². The average molecular weight is 437 g/mol. The van der Waals surface area contributed by atoms with Gasteiger partial charge >= 0.3 is 0 Å². The van der Waals surface area contributed by atoms with Crippen LogP contribution in [0.1, 0.15) is 53.4 Å². The van der Waals surface area contributed by atoms with Gasteiger partial charge in [0.15, 0.2) is 6.61 Å². The first-order valence-corrected chi connectivity index (χ1v) is 10.8. The molecular weight excluding hydrogens is 408 g/mol. The highest BCUT2D eigenvalue weighted by molar-refractivity contribution is 5.97. The summed E-state index contributed by atoms with van der Waals surface area (Å²) in [5, 5.41) is 3.83. The lowest BCUT2D eigenvalue weighted by Crippen LogP contribution is -2.49. The summed E-state index contributed by atoms with van der Waals surface area (Å²) in [4.78, 5) is 30.7. The molecule has 9 nitrogen and oxygen atoms in total. The highest BCUT2D eigenvalue weighted by atomic mass is 16.5. The Labute approximate surface area is 187 Å². The Morgan fingerprint density at radius 2 is 1.84 bits per heavy atom. The van der Waals surface area contributed by atoms with E-state index in [9.17, 15) is 4.79 Å². The molecule has 0 atom stereocenters. The summed E-state index contributed by atoms with van der Waals surface area (Å²) in [5.74, 6) is 3.42. The van der Waals surface area contributed by atoms with Crippen molar-refractivity contribution in [1.82, 2.24) is 25.0 Å². The summed E-state index contributed by atoms with van der Waals surface area (Å²) in [7, 11) is 0. The standard InChI is InChI=1S/C23H28N6O3/c1-15(2)22-24-16(3)13-21(26-22)28-9-11-29(12-10-28)23(30)18-7-5-6-8-19(18)31-14-20-25-17(4)32-27-20/h5-8,13,15H,9-12,14H2,1-4H3. The number of aryl methyl sites for hydroxylation is 2. The minimum atomic E-state index is -0.0497. The van der Waals surface area contributed by atoms with Crippen molar-refractivity contribution >= 4 is 11.7 Å². The van der Waals surface area contributed by atoms with Crippen molar-refractivity contribution in [3.05, 3.63) is 59.1 Å². The van der Waals surface area contributed by atoms with Crippen LogP contribution in [0.2, 0.25) is 0 Å². The van der Waals surface area contributed by atoms with E-state index in [2.05, 4.69) is 33.9 Å². The number of ether oxygens (including phenoxy) is 1. The molecular formula is C23H28N6O3. The van der Waals surface area contributed by atoms with Crippen LogP contribution in [-0.2, 0) is 6.61 Å². The number of benzene rings is 1. The molecule has 1 fully saturated rings. The van der Waals surface area contributed by atoms with Crippen LogP contribution >= 0.6 is 0 Å². The summed E-state index contributed by atoms with van der Waals surface area (Å²) in [6.07, 6.45) is 0. The number of carbonyl (C=O) groups excluding carboxylic acids is 1. The third-order valence-electron chi connectivity index (χ3n) is 5.31. The highest BCUT2D eigenvalue weighted by Gasteiger charge is 2.25. The topological polar surface area (TPSA) is 97.5 Å². The van der Waals surface area contributed by atoms with Gasteiger partial charge in [-0.1, -0.05) is 31.1 Å². The van der Waals surface area contributed by atoms with Gasteiger partial charge < -0.3 is 19.1 Å². The van der Waals surface area contributed by atoms with E-state index in [1.54, 1.807) is 19.1 Å². The van der Waals surface area contributed by atoms with Gasteiger partial charge in [0.25, 0.3) is 5.91 Å². The van der Waals surface area contributed by atoms with E-state index in [1.165, 1.54) is 0 Å². The molecule has 1 aromatic carbocycles. The monoisotopic (exact) mass is 436 g/mol. The van der Waals surface area contributed by atoms with Gasteiger partial charge in [-0.15, -0.1) is 0 Å². The summed E-state index contributed by atoms with van der Waals surface area (Å²) >= 11 is 0. The Morgan fingerprint density at radius 1 is 1.09 bits per heavy atom. The molecule has 168 valence electrons. The molecule has 0 N–H and O–H groups in total. The van der Waals surface area contributed by atoms with Crippen LogP contribution in [-0.4, -0.2) is 57.1 Å². The third kappa shape index (κ3) is 4.87. The van der Waals surface area contributed by atoms with E-state index in [1.807, 2.05) is 30.0 Å². The Hall–Kier alpha value is -3.49. The number of hydrogen-bond donors (Lipinski definition) is 0. The van der Waals surface area contributed by atoms with Crippen molar-refractivity contribution in [2.75, 3.05) is 31.1 Å². The molecule has 3 heterocycles. The molecule has 0 spiro atoms. The van der Waals surface area contributed by atoms with Crippen molar-refractivity contribution < 1.29 is 14.1 Å². The first-order valence-electron chi connectivity index (χ1n) is 10.8. The average Bonchev–Trinajstić information content (AvgIpc) is 3.22. The number of aromatic nitrogens is 4. The quantitative estimate of drug-likeness (QED) is 0.581. The van der Waals surface area contributed by atoms with Crippen molar-refractivity contribution in [3.8, 4) is 5.75 Å². The third-order valence-corrected chi connectivity index (χ3v) is 5.31. The molecule has 32 heavy (non-hydrogen) atoms. The number of nitrogens with zero attached hydrogens (tertiary/aromatic N) is 6. The molecule has 1 saturated heterocycles. The maximum absolute atomic E-state index is 13.2. The number of piperazine rings is 1. The van der Waals surface area contributed by atoms with Gasteiger partial charge in [-0.2, -0.15) is 4.98 Å². The maximum atomic E-state index is 13.2. The van der Waals surface area contributed by atoms with Crippen LogP contribution in [0.5, 0.6) is 5.75 Å². The van der Waals surface area contributed by atoms with Gasteiger partial charge in [-0.05, 0) is 19.1 Å². The first-order chi connectivity index (χ1) is 15.4. The van der Waals surface area contributed by atoms with Gasteiger partial charge in [-0.25, -0.2) is 9.97 Å². The molecule has 0 saturated carbocycles. The number of hydrogen-bond acceptors (Lipinski definition) is 8. The molecule has 0 radical (unpaired) electrons. The zero-order valence-electron chi connectivity index (χ0n) is 18.9. The minimum absolute atomic E-state index is 0.0497. The summed E-state index contributed by atoms with van der Waals surface area (Å²) < 4.78 is 10.8. The molecule has 1 amide bonds. The van der Waals surface area contributed by atoms with Crippen molar-refractivity contribution in [1.29, 1.82) is 0 Å². The van der Waals surface area contributed by atoms with E-state index in [0.29, 0.717) is 49.2 Å². The number of rotatable bonds is 6. The number of anilines is 1. The largest absolute Gasteiger partial charge is 0.485 e. The van der Waals surface area contributed by atoms with E-state index < -0.39 is 0 Å². The van der Waals surface area contributed by atoms with Crippen LogP contribution in [0, 0.1) is 13.8 Å². The van der Waals surface area contributed by atoms with Crippen LogP contribution in [0.25, 0.3) is 0 Å². The predicted octanol–water partition coefficient (Wildman–Crippen LogP) is 3.14. The Morgan fingerprint density at radius 3 is 2.53 bits per heavy atom. The lowest BCUT2D eigenvalue weighted by molar-refractivity contribution is 0.0741. The number of para-hydroxylation sites is 1. The smallest absolute Gasteiger partial charge is 0.257 e. The van der Waals surface area contributed by atoms with Gasteiger partial charge in [0, 0.05) is 50.8 Å². The Balaban J connectivity index is 1.42. The second-order valence-electron chi connectivity index (χ2n) is 8.17. The van der Waals surface area contributed by atoms with Gasteiger partial charge in [-0.3, -0.25) is 4.79 Å². The molecule has 4 rings (SSSR count). The molecule has 0 unspecified atom stereocenters. The molecule has 1 aliphatic heterocycles. The summed E-state index contributed by atoms with van der Waals surface area (Å²) in [5.41, 5.74) is 1.49. The molecule has 2 aromatic heterocycles. The number of carbonyl (C=O) groups is 1. The van der Waals surface area contributed by atoms with Crippen LogP contribution in [0.15, 0.2) is 34.9 Å². The zero-order valence-corrected chi connectivity index (χ0v) is 18.9. The Bertz CT molecular complexity index is 1090. The molecule has 0 aliphatic carbocycles. The predicted molar refractivity (Wildman–Crippen MR) is 119 cm³/mol. The van der Waals surface area contributed by atoms with Crippen molar-refractivity contribution in [2.45, 2.75) is 40.2 Å². The second-order valence-corrected chi connectivity index (χ2v) is 8.17. The van der Waals surface area contributed by atoms with E-state index in [4.69, 9.17) is 14.2 Å². The zero-order chi connectivity index (χ0) is 22.7. The maximum Gasteiger partial charge on any atom is 0.257 e. The SMILES string of the molecule is Cc1cc(N2CCN(C(=O)c3ccccc3OCc3noc(C)n3)CC2)nc(C(C)C)n1. The lowest BCUT2D eigenvalue weighted by Gasteiger charge is -2.36. The van der Waals surface area contributed by atoms with Crippen LogP contribution in [0.4, 0.5) is 5.82 Å². The summed E-state index contributed by atoms with van der Waals surface area (Å²) in [6, 6.07) is 9.26. The lowest BCUT2D eigenvalue weighted by atomic mass is 10.1. The fourth-order valence-electron chi connectivity index (χ4n) is 3.62. The van der Waals surface area contributed by atoms with Crippen molar-refractivity contribution in [3.63, 3.8) is 0 Å². The normalized spacial score (nSPS) is 14.2. The second kappa shape index (κ2) is 9.33. The van der Waals surface area contributed by atoms with E-state index >= 15 is 0 Å². The minimum Gasteiger partial charge on any atom is -0.485 e. The van der Waals surface area contributed by atoms with Gasteiger partial charge in [0.1, 0.15) is 17.4 Å². The summed E-state index contributed by atoms with van der Waals surface area (Å²) in [6.45, 7) is 10.7. The van der Waals surface area contributed by atoms with E-state index in [0.717, 1.165) is 17.3 Å². The molecule has 0 bridgehead atoms. The fraction of sp³-hybridized carbons (Fsp3) is 0.435. The van der Waals surface area contributed by atoms with Crippen LogP contribution in [0.3, 0.4) is 0 Å². The molecule has 3 aromatic rings. The number of amides is 1.